The van der Waals surface area contributed by atoms with Crippen LogP contribution in [0.4, 0.5) is 0 Å². The molecular weight excluding hydrogens is 216 g/mol. The van der Waals surface area contributed by atoms with Crippen LogP contribution in [0, 0.1) is 0 Å². The molecule has 1 amide bonds. The van der Waals surface area contributed by atoms with Crippen molar-refractivity contribution in [2.24, 2.45) is 5.73 Å². The fourth-order valence-corrected chi connectivity index (χ4v) is 1.70. The molecule has 0 aliphatic carbocycles. The number of ether oxygens (including phenoxy) is 1. The molecule has 17 heavy (non-hydrogen) atoms. The maximum atomic E-state index is 11.8. The first-order valence-electron chi connectivity index (χ1n) is 5.82. The van der Waals surface area contributed by atoms with Gasteiger partial charge in [-0.1, -0.05) is 18.2 Å². The predicted octanol–water partition coefficient (Wildman–Crippen LogP) is 1.39. The van der Waals surface area contributed by atoms with E-state index in [1.54, 1.807) is 12.0 Å². The lowest BCUT2D eigenvalue weighted by molar-refractivity contribution is -0.131. The quantitative estimate of drug-likeness (QED) is 0.812. The van der Waals surface area contributed by atoms with Gasteiger partial charge in [-0.2, -0.15) is 0 Å². The van der Waals surface area contributed by atoms with Gasteiger partial charge in [0.25, 0.3) is 0 Å². The normalized spacial score (nSPS) is 10.1. The van der Waals surface area contributed by atoms with Crippen molar-refractivity contribution < 1.29 is 9.53 Å². The molecule has 1 rings (SSSR count). The highest BCUT2D eigenvalue weighted by molar-refractivity contribution is 5.76. The monoisotopic (exact) mass is 236 g/mol. The average Bonchev–Trinajstić information content (AvgIpc) is 2.36. The Bertz CT molecular complexity index is 366. The zero-order chi connectivity index (χ0) is 12.7. The standard InChI is InChI=1S/C13H20N2O2/c1-3-15(13(16)8-9-14)10-11-6-4-5-7-12(11)17-2/h4-7H,3,8-10,14H2,1-2H3. The van der Waals surface area contributed by atoms with Crippen molar-refractivity contribution in [2.75, 3.05) is 20.2 Å². The van der Waals surface area contributed by atoms with E-state index in [0.29, 0.717) is 26.1 Å². The van der Waals surface area contributed by atoms with Gasteiger partial charge in [0.15, 0.2) is 0 Å². The summed E-state index contributed by atoms with van der Waals surface area (Å²) in [5.74, 6) is 0.896. The van der Waals surface area contributed by atoms with Crippen LogP contribution in [0.5, 0.6) is 5.75 Å². The number of rotatable bonds is 6. The van der Waals surface area contributed by atoms with Gasteiger partial charge in [0, 0.05) is 31.6 Å². The lowest BCUT2D eigenvalue weighted by Crippen LogP contribution is -2.31. The number of carbonyl (C=O) groups excluding carboxylic acids is 1. The molecule has 0 aliphatic rings. The van der Waals surface area contributed by atoms with Gasteiger partial charge in [0.05, 0.1) is 7.11 Å². The zero-order valence-corrected chi connectivity index (χ0v) is 10.5. The third kappa shape index (κ3) is 3.75. The Morgan fingerprint density at radius 3 is 2.71 bits per heavy atom. The highest BCUT2D eigenvalue weighted by Crippen LogP contribution is 2.19. The number of nitrogens with zero attached hydrogens (tertiary/aromatic N) is 1. The number of hydrogen-bond acceptors (Lipinski definition) is 3. The Kier molecular flexibility index (Phi) is 5.49. The van der Waals surface area contributed by atoms with Crippen LogP contribution in [0.15, 0.2) is 24.3 Å². The molecule has 1 aromatic carbocycles. The first kappa shape index (κ1) is 13.5. The lowest BCUT2D eigenvalue weighted by Gasteiger charge is -2.21. The zero-order valence-electron chi connectivity index (χ0n) is 10.5. The summed E-state index contributed by atoms with van der Waals surface area (Å²) in [5, 5.41) is 0. The molecule has 2 N–H and O–H groups in total. The molecule has 4 heteroatoms. The highest BCUT2D eigenvalue weighted by Gasteiger charge is 2.13. The summed E-state index contributed by atoms with van der Waals surface area (Å²) in [7, 11) is 1.64. The molecule has 0 atom stereocenters. The Morgan fingerprint density at radius 1 is 1.41 bits per heavy atom. The summed E-state index contributed by atoms with van der Waals surface area (Å²) in [6.07, 6.45) is 0.392. The van der Waals surface area contributed by atoms with Crippen LogP contribution >= 0.6 is 0 Å². The third-order valence-electron chi connectivity index (χ3n) is 2.65. The Labute approximate surface area is 102 Å². The van der Waals surface area contributed by atoms with Crippen molar-refractivity contribution in [3.63, 3.8) is 0 Å². The molecule has 0 unspecified atom stereocenters. The van der Waals surface area contributed by atoms with E-state index in [4.69, 9.17) is 10.5 Å². The van der Waals surface area contributed by atoms with E-state index in [0.717, 1.165) is 11.3 Å². The second kappa shape index (κ2) is 6.91. The molecule has 0 aliphatic heterocycles. The predicted molar refractivity (Wildman–Crippen MR) is 67.8 cm³/mol. The van der Waals surface area contributed by atoms with Crippen molar-refractivity contribution in [2.45, 2.75) is 19.9 Å². The van der Waals surface area contributed by atoms with Gasteiger partial charge in [-0.05, 0) is 13.0 Å². The first-order valence-corrected chi connectivity index (χ1v) is 5.82. The molecule has 0 radical (unpaired) electrons. The van der Waals surface area contributed by atoms with Crippen LogP contribution in [-0.2, 0) is 11.3 Å². The van der Waals surface area contributed by atoms with Crippen molar-refractivity contribution in [1.82, 2.24) is 4.90 Å². The minimum absolute atomic E-state index is 0.0842. The fourth-order valence-electron chi connectivity index (χ4n) is 1.70. The van der Waals surface area contributed by atoms with Crippen LogP contribution in [0.25, 0.3) is 0 Å². The molecule has 0 heterocycles. The molecule has 0 aromatic heterocycles. The van der Waals surface area contributed by atoms with Crippen molar-refractivity contribution >= 4 is 5.91 Å². The topological polar surface area (TPSA) is 55.6 Å². The number of nitrogens with two attached hydrogens (primary N) is 1. The van der Waals surface area contributed by atoms with E-state index >= 15 is 0 Å². The number of methoxy groups -OCH3 is 1. The van der Waals surface area contributed by atoms with E-state index in [9.17, 15) is 4.79 Å². The maximum Gasteiger partial charge on any atom is 0.224 e. The second-order valence-electron chi connectivity index (χ2n) is 3.76. The molecule has 0 fully saturated rings. The molecule has 0 saturated carbocycles. The number of hydrogen-bond donors (Lipinski definition) is 1. The summed E-state index contributed by atoms with van der Waals surface area (Å²) in [6, 6.07) is 7.73. The molecule has 0 bridgehead atoms. The molecule has 0 saturated heterocycles. The van der Waals surface area contributed by atoms with E-state index < -0.39 is 0 Å². The third-order valence-corrected chi connectivity index (χ3v) is 2.65. The Balaban J connectivity index is 2.76. The average molecular weight is 236 g/mol. The summed E-state index contributed by atoms with van der Waals surface area (Å²) < 4.78 is 5.27. The Hall–Kier alpha value is -1.55. The van der Waals surface area contributed by atoms with Gasteiger partial charge in [-0.25, -0.2) is 0 Å². The van der Waals surface area contributed by atoms with Crippen molar-refractivity contribution in [1.29, 1.82) is 0 Å². The van der Waals surface area contributed by atoms with Crippen LogP contribution in [-0.4, -0.2) is 31.0 Å². The van der Waals surface area contributed by atoms with E-state index in [1.165, 1.54) is 0 Å². The smallest absolute Gasteiger partial charge is 0.224 e. The van der Waals surface area contributed by atoms with Gasteiger partial charge < -0.3 is 15.4 Å². The number of benzene rings is 1. The van der Waals surface area contributed by atoms with E-state index in [-0.39, 0.29) is 5.91 Å². The minimum Gasteiger partial charge on any atom is -0.496 e. The van der Waals surface area contributed by atoms with Crippen LogP contribution < -0.4 is 10.5 Å². The van der Waals surface area contributed by atoms with Crippen molar-refractivity contribution in [3.05, 3.63) is 29.8 Å². The van der Waals surface area contributed by atoms with E-state index in [1.807, 2.05) is 31.2 Å². The van der Waals surface area contributed by atoms with Gasteiger partial charge >= 0.3 is 0 Å². The van der Waals surface area contributed by atoms with Crippen molar-refractivity contribution in [3.8, 4) is 5.75 Å². The molecular formula is C13H20N2O2. The van der Waals surface area contributed by atoms with Gasteiger partial charge in [0.1, 0.15) is 5.75 Å². The number of para-hydroxylation sites is 1. The van der Waals surface area contributed by atoms with Gasteiger partial charge in [0.2, 0.25) is 5.91 Å². The SMILES string of the molecule is CCN(Cc1ccccc1OC)C(=O)CCN. The summed E-state index contributed by atoms with van der Waals surface area (Å²) in [5.41, 5.74) is 6.42. The summed E-state index contributed by atoms with van der Waals surface area (Å²) >= 11 is 0. The van der Waals surface area contributed by atoms with E-state index in [2.05, 4.69) is 0 Å². The van der Waals surface area contributed by atoms with Crippen LogP contribution in [0.1, 0.15) is 18.9 Å². The van der Waals surface area contributed by atoms with Crippen LogP contribution in [0.2, 0.25) is 0 Å². The highest BCUT2D eigenvalue weighted by atomic mass is 16.5. The molecule has 0 spiro atoms. The lowest BCUT2D eigenvalue weighted by atomic mass is 10.2. The first-order chi connectivity index (χ1) is 8.22. The summed E-state index contributed by atoms with van der Waals surface area (Å²) in [6.45, 7) is 3.60. The largest absolute Gasteiger partial charge is 0.496 e. The van der Waals surface area contributed by atoms with Crippen LogP contribution in [0.3, 0.4) is 0 Å². The maximum absolute atomic E-state index is 11.8. The Morgan fingerprint density at radius 2 is 2.12 bits per heavy atom. The van der Waals surface area contributed by atoms with Gasteiger partial charge in [-0.15, -0.1) is 0 Å². The number of carbonyl (C=O) groups is 1. The molecule has 4 nitrogen and oxygen atoms in total. The minimum atomic E-state index is 0.0842. The molecule has 94 valence electrons. The van der Waals surface area contributed by atoms with Gasteiger partial charge in [-0.3, -0.25) is 4.79 Å². The molecule has 1 aromatic rings. The second-order valence-corrected chi connectivity index (χ2v) is 3.76. The number of amides is 1. The fraction of sp³-hybridized carbons (Fsp3) is 0.462. The summed E-state index contributed by atoms with van der Waals surface area (Å²) in [4.78, 5) is 13.6.